The van der Waals surface area contributed by atoms with Crippen molar-refractivity contribution in [2.75, 3.05) is 0 Å². The highest BCUT2D eigenvalue weighted by atomic mass is 16.5. The summed E-state index contributed by atoms with van der Waals surface area (Å²) < 4.78 is 5.77. The van der Waals surface area contributed by atoms with E-state index in [1.165, 1.54) is 16.7 Å². The summed E-state index contributed by atoms with van der Waals surface area (Å²) in [6, 6.07) is 8.24. The highest BCUT2D eigenvalue weighted by Crippen LogP contribution is 2.31. The number of rotatable bonds is 6. The third kappa shape index (κ3) is 3.35. The number of carbonyl (C=O) groups is 1. The van der Waals surface area contributed by atoms with Crippen molar-refractivity contribution in [2.45, 2.75) is 46.6 Å². The molecule has 0 spiro atoms. The molecule has 0 N–H and O–H groups in total. The molecule has 0 saturated carbocycles. The molecular weight excluding hydrogens is 274 g/mol. The summed E-state index contributed by atoms with van der Waals surface area (Å²) in [6.07, 6.45) is 4.30. The Morgan fingerprint density at radius 1 is 1.18 bits per heavy atom. The van der Waals surface area contributed by atoms with Crippen LogP contribution in [0.15, 0.2) is 30.5 Å². The number of aryl methyl sites for hydroxylation is 2. The van der Waals surface area contributed by atoms with Gasteiger partial charge in [0, 0.05) is 17.8 Å². The lowest BCUT2D eigenvalue weighted by Crippen LogP contribution is -2.08. The number of nitrogens with zero attached hydrogens (tertiary/aromatic N) is 1. The summed E-state index contributed by atoms with van der Waals surface area (Å²) >= 11 is 0. The van der Waals surface area contributed by atoms with Gasteiger partial charge in [-0.15, -0.1) is 0 Å². The zero-order valence-corrected chi connectivity index (χ0v) is 13.7. The smallest absolute Gasteiger partial charge is 0.155 e. The van der Waals surface area contributed by atoms with E-state index < -0.39 is 0 Å². The molecule has 0 aliphatic carbocycles. The van der Waals surface area contributed by atoms with Crippen molar-refractivity contribution >= 4 is 6.29 Å². The molecule has 116 valence electrons. The summed E-state index contributed by atoms with van der Waals surface area (Å²) in [5.74, 6) is 0.600. The number of hydrogen-bond acceptors (Lipinski definition) is 3. The van der Waals surface area contributed by atoms with Crippen molar-refractivity contribution in [1.82, 2.24) is 4.98 Å². The van der Waals surface area contributed by atoms with Gasteiger partial charge in [-0.3, -0.25) is 9.78 Å². The summed E-state index contributed by atoms with van der Waals surface area (Å²) in [5, 5.41) is 0. The third-order valence-corrected chi connectivity index (χ3v) is 3.64. The predicted octanol–water partition coefficient (Wildman–Crippen LogP) is 4.47. The molecule has 1 aromatic carbocycles. The fourth-order valence-electron chi connectivity index (χ4n) is 2.60. The standard InChI is InChI=1S/C19H23NO2/c1-5-14-8-7-9-15(6-2)19(14)17-10-18(22-13(3)4)16(12-21)11-20-17/h7-13H,5-6H2,1-4H3. The van der Waals surface area contributed by atoms with E-state index in [1.807, 2.05) is 19.9 Å². The first-order chi connectivity index (χ1) is 10.6. The van der Waals surface area contributed by atoms with Gasteiger partial charge in [-0.2, -0.15) is 0 Å². The van der Waals surface area contributed by atoms with E-state index in [0.29, 0.717) is 11.3 Å². The second kappa shape index (κ2) is 7.21. The van der Waals surface area contributed by atoms with Gasteiger partial charge in [0.15, 0.2) is 6.29 Å². The van der Waals surface area contributed by atoms with E-state index in [2.05, 4.69) is 37.0 Å². The van der Waals surface area contributed by atoms with E-state index >= 15 is 0 Å². The first-order valence-electron chi connectivity index (χ1n) is 7.83. The Bertz CT molecular complexity index is 640. The Hall–Kier alpha value is -2.16. The molecule has 0 saturated heterocycles. The Morgan fingerprint density at radius 2 is 1.82 bits per heavy atom. The van der Waals surface area contributed by atoms with Gasteiger partial charge in [0.2, 0.25) is 0 Å². The third-order valence-electron chi connectivity index (χ3n) is 3.64. The normalized spacial score (nSPS) is 10.8. The van der Waals surface area contributed by atoms with Crippen LogP contribution in [0.1, 0.15) is 49.2 Å². The van der Waals surface area contributed by atoms with Crippen LogP contribution in [0, 0.1) is 0 Å². The highest BCUT2D eigenvalue weighted by Gasteiger charge is 2.14. The molecule has 0 amide bonds. The van der Waals surface area contributed by atoms with Gasteiger partial charge in [-0.1, -0.05) is 32.0 Å². The molecule has 3 nitrogen and oxygen atoms in total. The van der Waals surface area contributed by atoms with Crippen molar-refractivity contribution in [3.05, 3.63) is 47.2 Å². The number of pyridine rings is 1. The van der Waals surface area contributed by atoms with Gasteiger partial charge in [-0.05, 0) is 37.8 Å². The van der Waals surface area contributed by atoms with Crippen LogP contribution in [0.5, 0.6) is 5.75 Å². The molecule has 1 heterocycles. The topological polar surface area (TPSA) is 39.2 Å². The van der Waals surface area contributed by atoms with Crippen LogP contribution in [0.2, 0.25) is 0 Å². The molecule has 0 bridgehead atoms. The Balaban J connectivity index is 2.60. The Morgan fingerprint density at radius 3 is 2.32 bits per heavy atom. The first-order valence-corrected chi connectivity index (χ1v) is 7.83. The zero-order chi connectivity index (χ0) is 16.1. The van der Waals surface area contributed by atoms with E-state index in [9.17, 15) is 4.79 Å². The van der Waals surface area contributed by atoms with Gasteiger partial charge in [0.1, 0.15) is 5.75 Å². The molecule has 0 radical (unpaired) electrons. The molecule has 0 unspecified atom stereocenters. The lowest BCUT2D eigenvalue weighted by Gasteiger charge is -2.16. The lowest BCUT2D eigenvalue weighted by molar-refractivity contribution is 0.111. The number of carbonyl (C=O) groups excluding carboxylic acids is 1. The van der Waals surface area contributed by atoms with Crippen molar-refractivity contribution in [1.29, 1.82) is 0 Å². The lowest BCUT2D eigenvalue weighted by atomic mass is 9.94. The molecular formula is C19H23NO2. The largest absolute Gasteiger partial charge is 0.490 e. The van der Waals surface area contributed by atoms with E-state index in [4.69, 9.17) is 4.74 Å². The average Bonchev–Trinajstić information content (AvgIpc) is 2.53. The van der Waals surface area contributed by atoms with Crippen LogP contribution in [0.25, 0.3) is 11.3 Å². The molecule has 1 aromatic heterocycles. The maximum Gasteiger partial charge on any atom is 0.155 e. The minimum atomic E-state index is 0.0148. The van der Waals surface area contributed by atoms with Crippen LogP contribution < -0.4 is 4.74 Å². The number of aromatic nitrogens is 1. The molecule has 22 heavy (non-hydrogen) atoms. The minimum absolute atomic E-state index is 0.0148. The number of ether oxygens (including phenoxy) is 1. The Labute approximate surface area is 132 Å². The maximum absolute atomic E-state index is 11.2. The summed E-state index contributed by atoms with van der Waals surface area (Å²) in [6.45, 7) is 8.19. The van der Waals surface area contributed by atoms with Gasteiger partial charge in [-0.25, -0.2) is 0 Å². The predicted molar refractivity (Wildman–Crippen MR) is 89.6 cm³/mol. The fourth-order valence-corrected chi connectivity index (χ4v) is 2.60. The molecule has 0 atom stereocenters. The molecule has 0 aliphatic heterocycles. The SMILES string of the molecule is CCc1cccc(CC)c1-c1cc(OC(C)C)c(C=O)cn1. The summed E-state index contributed by atoms with van der Waals surface area (Å²) in [7, 11) is 0. The molecule has 2 rings (SSSR count). The number of benzene rings is 1. The van der Waals surface area contributed by atoms with Crippen molar-refractivity contribution in [3.8, 4) is 17.0 Å². The van der Waals surface area contributed by atoms with Crippen molar-refractivity contribution in [2.24, 2.45) is 0 Å². The van der Waals surface area contributed by atoms with Crippen LogP contribution in [-0.2, 0) is 12.8 Å². The van der Waals surface area contributed by atoms with Crippen LogP contribution in [0.3, 0.4) is 0 Å². The van der Waals surface area contributed by atoms with E-state index in [0.717, 1.165) is 24.8 Å². The number of hydrogen-bond donors (Lipinski definition) is 0. The molecule has 0 aliphatic rings. The van der Waals surface area contributed by atoms with Crippen LogP contribution >= 0.6 is 0 Å². The van der Waals surface area contributed by atoms with Crippen molar-refractivity contribution < 1.29 is 9.53 Å². The average molecular weight is 297 g/mol. The fraction of sp³-hybridized carbons (Fsp3) is 0.368. The van der Waals surface area contributed by atoms with Gasteiger partial charge >= 0.3 is 0 Å². The van der Waals surface area contributed by atoms with Gasteiger partial charge in [0.05, 0.1) is 17.4 Å². The molecule has 0 fully saturated rings. The molecule has 3 heteroatoms. The van der Waals surface area contributed by atoms with E-state index in [1.54, 1.807) is 6.20 Å². The monoisotopic (exact) mass is 297 g/mol. The van der Waals surface area contributed by atoms with Gasteiger partial charge < -0.3 is 4.74 Å². The highest BCUT2D eigenvalue weighted by molar-refractivity contribution is 5.81. The van der Waals surface area contributed by atoms with Crippen molar-refractivity contribution in [3.63, 3.8) is 0 Å². The summed E-state index contributed by atoms with van der Waals surface area (Å²) in [5.41, 5.74) is 5.06. The van der Waals surface area contributed by atoms with Crippen LogP contribution in [-0.4, -0.2) is 17.4 Å². The second-order valence-electron chi connectivity index (χ2n) is 5.55. The van der Waals surface area contributed by atoms with Crippen LogP contribution in [0.4, 0.5) is 0 Å². The Kier molecular flexibility index (Phi) is 5.31. The summed E-state index contributed by atoms with van der Waals surface area (Å²) in [4.78, 5) is 15.7. The van der Waals surface area contributed by atoms with E-state index in [-0.39, 0.29) is 6.10 Å². The van der Waals surface area contributed by atoms with Gasteiger partial charge in [0.25, 0.3) is 0 Å². The maximum atomic E-state index is 11.2. The molecule has 2 aromatic rings. The second-order valence-corrected chi connectivity index (χ2v) is 5.55. The quantitative estimate of drug-likeness (QED) is 0.738. The first kappa shape index (κ1) is 16.2. The zero-order valence-electron chi connectivity index (χ0n) is 13.7. The minimum Gasteiger partial charge on any atom is -0.490 e. The number of aldehydes is 1.